The van der Waals surface area contributed by atoms with Crippen molar-refractivity contribution >= 4 is 17.5 Å². The fourth-order valence-corrected chi connectivity index (χ4v) is 1.93. The summed E-state index contributed by atoms with van der Waals surface area (Å²) in [6.45, 7) is 3.82. The number of nitrogens with zero attached hydrogens (tertiary/aromatic N) is 1. The van der Waals surface area contributed by atoms with Crippen LogP contribution < -0.4 is 10.6 Å². The Kier molecular flexibility index (Phi) is 3.94. The number of piperazine rings is 1. The zero-order valence-corrected chi connectivity index (χ0v) is 10.4. The molecule has 5 nitrogen and oxygen atoms in total. The lowest BCUT2D eigenvalue weighted by Gasteiger charge is -2.25. The third-order valence-electron chi connectivity index (χ3n) is 2.90. The molecule has 1 saturated heterocycles. The van der Waals surface area contributed by atoms with Crippen LogP contribution >= 0.6 is 0 Å². The van der Waals surface area contributed by atoms with E-state index in [9.17, 15) is 9.59 Å². The minimum atomic E-state index is -0.0843. The molecule has 1 heterocycles. The Morgan fingerprint density at radius 1 is 1.44 bits per heavy atom. The molecule has 2 amide bonds. The molecule has 18 heavy (non-hydrogen) atoms. The second-order valence-corrected chi connectivity index (χ2v) is 4.42. The van der Waals surface area contributed by atoms with E-state index in [1.165, 1.54) is 0 Å². The van der Waals surface area contributed by atoms with Crippen molar-refractivity contribution in [2.75, 3.05) is 31.5 Å². The predicted octanol–water partition coefficient (Wildman–Crippen LogP) is 0.365. The van der Waals surface area contributed by atoms with Crippen molar-refractivity contribution in [2.45, 2.75) is 6.92 Å². The highest BCUT2D eigenvalue weighted by molar-refractivity contribution is 5.93. The number of carbonyl (C=O) groups excluding carboxylic acids is 2. The Labute approximate surface area is 106 Å². The Morgan fingerprint density at radius 3 is 2.94 bits per heavy atom. The summed E-state index contributed by atoms with van der Waals surface area (Å²) in [6.07, 6.45) is 0. The molecule has 0 spiro atoms. The maximum Gasteiger partial charge on any atom is 0.238 e. The highest BCUT2D eigenvalue weighted by Crippen LogP contribution is 2.12. The highest BCUT2D eigenvalue weighted by Gasteiger charge is 2.18. The van der Waals surface area contributed by atoms with Crippen molar-refractivity contribution in [2.24, 2.45) is 0 Å². The molecule has 0 unspecified atom stereocenters. The van der Waals surface area contributed by atoms with E-state index in [1.807, 2.05) is 36.1 Å². The molecule has 2 rings (SSSR count). The Morgan fingerprint density at radius 2 is 2.22 bits per heavy atom. The molecule has 0 aliphatic carbocycles. The summed E-state index contributed by atoms with van der Waals surface area (Å²) < 4.78 is 0. The van der Waals surface area contributed by atoms with Gasteiger partial charge in [0, 0.05) is 18.8 Å². The van der Waals surface area contributed by atoms with Crippen LogP contribution in [0.4, 0.5) is 5.69 Å². The van der Waals surface area contributed by atoms with Gasteiger partial charge in [-0.2, -0.15) is 0 Å². The molecule has 1 fully saturated rings. The van der Waals surface area contributed by atoms with E-state index in [4.69, 9.17) is 0 Å². The second-order valence-electron chi connectivity index (χ2n) is 4.42. The molecule has 0 aromatic heterocycles. The molecule has 1 aliphatic heterocycles. The molecule has 1 aromatic rings. The van der Waals surface area contributed by atoms with Gasteiger partial charge in [-0.15, -0.1) is 0 Å². The molecule has 5 heteroatoms. The van der Waals surface area contributed by atoms with Crippen LogP contribution in [0.5, 0.6) is 0 Å². The summed E-state index contributed by atoms with van der Waals surface area (Å²) in [4.78, 5) is 24.9. The SMILES string of the molecule is Cc1ccccc1NC(=O)CN1CCNC(=O)C1. The molecular formula is C13H17N3O2. The van der Waals surface area contributed by atoms with Crippen molar-refractivity contribution in [1.29, 1.82) is 0 Å². The molecule has 1 aromatic carbocycles. The number of aryl methyl sites for hydroxylation is 1. The Balaban J connectivity index is 1.89. The average molecular weight is 247 g/mol. The molecule has 0 radical (unpaired) electrons. The van der Waals surface area contributed by atoms with E-state index >= 15 is 0 Å². The lowest BCUT2D eigenvalue weighted by Crippen LogP contribution is -2.49. The first-order valence-electron chi connectivity index (χ1n) is 5.99. The number of para-hydroxylation sites is 1. The van der Waals surface area contributed by atoms with Crippen LogP contribution in [0.1, 0.15) is 5.56 Å². The van der Waals surface area contributed by atoms with Crippen LogP contribution in [0.25, 0.3) is 0 Å². The van der Waals surface area contributed by atoms with Gasteiger partial charge in [0.25, 0.3) is 0 Å². The molecule has 1 aliphatic rings. The van der Waals surface area contributed by atoms with Gasteiger partial charge in [0.1, 0.15) is 0 Å². The fraction of sp³-hybridized carbons (Fsp3) is 0.385. The Bertz CT molecular complexity index is 459. The number of hydrogen-bond acceptors (Lipinski definition) is 3. The first-order chi connectivity index (χ1) is 8.65. The molecular weight excluding hydrogens is 230 g/mol. The summed E-state index contributed by atoms with van der Waals surface area (Å²) in [5.41, 5.74) is 1.85. The summed E-state index contributed by atoms with van der Waals surface area (Å²) in [7, 11) is 0. The zero-order chi connectivity index (χ0) is 13.0. The normalized spacial score (nSPS) is 16.2. The summed E-state index contributed by atoms with van der Waals surface area (Å²) in [6, 6.07) is 7.64. The first-order valence-corrected chi connectivity index (χ1v) is 5.99. The largest absolute Gasteiger partial charge is 0.354 e. The van der Waals surface area contributed by atoms with E-state index < -0.39 is 0 Å². The highest BCUT2D eigenvalue weighted by atomic mass is 16.2. The van der Waals surface area contributed by atoms with Gasteiger partial charge in [-0.05, 0) is 18.6 Å². The van der Waals surface area contributed by atoms with Gasteiger partial charge >= 0.3 is 0 Å². The van der Waals surface area contributed by atoms with E-state index in [2.05, 4.69) is 10.6 Å². The summed E-state index contributed by atoms with van der Waals surface area (Å²) >= 11 is 0. The standard InChI is InChI=1S/C13H17N3O2/c1-10-4-2-3-5-11(10)15-13(18)9-16-7-6-14-12(17)8-16/h2-5H,6-9H2,1H3,(H,14,17)(H,15,18). The van der Waals surface area contributed by atoms with Crippen LogP contribution in [-0.4, -0.2) is 42.9 Å². The molecule has 0 bridgehead atoms. The second kappa shape index (κ2) is 5.64. The average Bonchev–Trinajstić information content (AvgIpc) is 2.32. The van der Waals surface area contributed by atoms with Crippen molar-refractivity contribution in [1.82, 2.24) is 10.2 Å². The number of carbonyl (C=O) groups is 2. The number of hydrogen-bond donors (Lipinski definition) is 2. The van der Waals surface area contributed by atoms with Crippen LogP contribution in [0.2, 0.25) is 0 Å². The van der Waals surface area contributed by atoms with Gasteiger partial charge < -0.3 is 10.6 Å². The third-order valence-corrected chi connectivity index (χ3v) is 2.90. The van der Waals surface area contributed by atoms with Gasteiger partial charge in [0.2, 0.25) is 11.8 Å². The first kappa shape index (κ1) is 12.6. The summed E-state index contributed by atoms with van der Waals surface area (Å²) in [5.74, 6) is -0.107. The smallest absolute Gasteiger partial charge is 0.238 e. The Hall–Kier alpha value is -1.88. The van der Waals surface area contributed by atoms with E-state index in [-0.39, 0.29) is 18.4 Å². The van der Waals surface area contributed by atoms with Gasteiger partial charge in [0.05, 0.1) is 13.1 Å². The van der Waals surface area contributed by atoms with Gasteiger partial charge in [0.15, 0.2) is 0 Å². The lowest BCUT2D eigenvalue weighted by atomic mass is 10.2. The number of rotatable bonds is 3. The van der Waals surface area contributed by atoms with Crippen LogP contribution in [0.15, 0.2) is 24.3 Å². The predicted molar refractivity (Wildman–Crippen MR) is 69.3 cm³/mol. The fourth-order valence-electron chi connectivity index (χ4n) is 1.93. The van der Waals surface area contributed by atoms with Gasteiger partial charge in [-0.1, -0.05) is 18.2 Å². The van der Waals surface area contributed by atoms with Crippen molar-refractivity contribution in [3.05, 3.63) is 29.8 Å². The molecule has 2 N–H and O–H groups in total. The molecule has 0 atom stereocenters. The van der Waals surface area contributed by atoms with E-state index in [1.54, 1.807) is 0 Å². The maximum atomic E-state index is 11.9. The lowest BCUT2D eigenvalue weighted by molar-refractivity contribution is -0.125. The molecule has 96 valence electrons. The van der Waals surface area contributed by atoms with Crippen LogP contribution in [0, 0.1) is 6.92 Å². The zero-order valence-electron chi connectivity index (χ0n) is 10.4. The van der Waals surface area contributed by atoms with Crippen molar-refractivity contribution < 1.29 is 9.59 Å². The minimum Gasteiger partial charge on any atom is -0.354 e. The monoisotopic (exact) mass is 247 g/mol. The minimum absolute atomic E-state index is 0.0232. The number of amides is 2. The van der Waals surface area contributed by atoms with Crippen molar-refractivity contribution in [3.8, 4) is 0 Å². The van der Waals surface area contributed by atoms with Crippen LogP contribution in [-0.2, 0) is 9.59 Å². The van der Waals surface area contributed by atoms with E-state index in [0.29, 0.717) is 19.6 Å². The van der Waals surface area contributed by atoms with Gasteiger partial charge in [-0.25, -0.2) is 0 Å². The van der Waals surface area contributed by atoms with E-state index in [0.717, 1.165) is 11.3 Å². The maximum absolute atomic E-state index is 11.9. The van der Waals surface area contributed by atoms with Crippen LogP contribution in [0.3, 0.4) is 0 Å². The number of nitrogens with one attached hydrogen (secondary N) is 2. The van der Waals surface area contributed by atoms with Gasteiger partial charge in [-0.3, -0.25) is 14.5 Å². The molecule has 0 saturated carbocycles. The topological polar surface area (TPSA) is 61.4 Å². The quantitative estimate of drug-likeness (QED) is 0.811. The number of anilines is 1. The summed E-state index contributed by atoms with van der Waals surface area (Å²) in [5, 5.41) is 5.59. The number of benzene rings is 1. The van der Waals surface area contributed by atoms with Crippen molar-refractivity contribution in [3.63, 3.8) is 0 Å². The third kappa shape index (κ3) is 3.30.